The molecule has 13 rings (SSSR count). The maximum Gasteiger partial charge on any atom is 0.347 e. The number of hydrogen-bond acceptors (Lipinski definition) is 17. The molecule has 0 radical (unpaired) electrons. The quantitative estimate of drug-likeness (QED) is 0.162. The van der Waals surface area contributed by atoms with Crippen LogP contribution >= 0.6 is 0 Å². The van der Waals surface area contributed by atoms with Crippen LogP contribution in [0.4, 0.5) is 0 Å². The third-order valence-electron chi connectivity index (χ3n) is 11.6. The molecule has 17 nitrogen and oxygen atoms in total. The summed E-state index contributed by atoms with van der Waals surface area (Å²) in [5, 5.41) is 20.5. The number of phenols is 1. The number of aromatic hydroxyl groups is 1. The van der Waals surface area contributed by atoms with Crippen LogP contribution in [-0.2, 0) is 6.61 Å². The zero-order valence-electron chi connectivity index (χ0n) is 40.4. The molecule has 0 saturated carbocycles. The van der Waals surface area contributed by atoms with Gasteiger partial charge >= 0.3 is 28.1 Å². The van der Waals surface area contributed by atoms with E-state index in [-0.39, 0.29) is 35.7 Å². The van der Waals surface area contributed by atoms with Gasteiger partial charge in [0.1, 0.15) is 5.75 Å². The fourth-order valence-corrected chi connectivity index (χ4v) is 7.85. The summed E-state index contributed by atoms with van der Waals surface area (Å²) >= 11 is 0. The van der Waals surface area contributed by atoms with Crippen molar-refractivity contribution in [3.05, 3.63) is 258 Å². The third-order valence-corrected chi connectivity index (χ3v) is 11.6. The normalized spacial score (nSPS) is 10.8. The average Bonchev–Trinajstić information content (AvgIpc) is 3.47. The van der Waals surface area contributed by atoms with Gasteiger partial charge in [-0.25, -0.2) is 48.9 Å². The maximum absolute atomic E-state index is 12.2. The molecular formula is C60H39N5O12. The Bertz CT molecular complexity index is 4480. The monoisotopic (exact) mass is 1020 g/mol. The van der Waals surface area contributed by atoms with Gasteiger partial charge in [0.2, 0.25) is 23.6 Å². The predicted molar refractivity (Wildman–Crippen MR) is 289 cm³/mol. The summed E-state index contributed by atoms with van der Waals surface area (Å²) in [5.41, 5.74) is 4.22. The summed E-state index contributed by atoms with van der Waals surface area (Å²) in [5.74, 6) is 1.46. The summed E-state index contributed by atoms with van der Waals surface area (Å²) in [4.78, 5) is 80.7. The molecule has 8 aromatic carbocycles. The SMILES string of the molecule is Cc1nc2cc(CO)ccc2c(=O)o1.O=c1oc(-c2ccc(-c3nc4ccccc4c(=O)o3)cc2)nc2ccccc12.O=c1oc(-c2ccccc2)nc2cc(O)ccc12.O=c1oc(-c2ccccc2)nc2ccccc12. The Hall–Kier alpha value is -10.8. The topological polar surface area (TPSA) is 256 Å². The standard InChI is InChI=1S/C22H12N2O4.C14H9NO3.C14H9NO2.C10H9NO3/c25-21-15-5-1-3-7-17(15)23-19(27-21)13-9-11-14(12-10-13)20-24-18-8-4-2-6-16(18)22(26)28-20;16-10-6-7-11-12(8-10)15-13(18-14(11)17)9-4-2-1-3-5-9;16-14-11-8-4-5-9-12(11)15-13(17-14)10-6-2-1-3-7-10;1-6-11-9-4-7(5-12)2-3-8(9)10(13)14-6/h1-12H;1-8,16H;1-9H;2-4,12H,5H2,1H3. The van der Waals surface area contributed by atoms with Crippen LogP contribution < -0.4 is 28.1 Å². The number of aryl methyl sites for hydroxylation is 1. The van der Waals surface area contributed by atoms with E-state index in [4.69, 9.17) is 27.2 Å². The Labute approximate surface area is 433 Å². The fourth-order valence-electron chi connectivity index (χ4n) is 7.85. The lowest BCUT2D eigenvalue weighted by Gasteiger charge is -2.04. The van der Waals surface area contributed by atoms with Gasteiger partial charge in [0.05, 0.1) is 61.1 Å². The molecule has 0 bridgehead atoms. The van der Waals surface area contributed by atoms with Gasteiger partial charge in [0.15, 0.2) is 5.89 Å². The minimum Gasteiger partial charge on any atom is -0.508 e. The molecule has 376 valence electrons. The number of hydrogen-bond donors (Lipinski definition) is 2. The third kappa shape index (κ3) is 11.2. The van der Waals surface area contributed by atoms with Crippen LogP contribution in [0.15, 0.2) is 240 Å². The van der Waals surface area contributed by atoms with Crippen molar-refractivity contribution in [3.8, 4) is 51.6 Å². The fraction of sp³-hybridized carbons (Fsp3) is 0.0333. The number of aromatic nitrogens is 5. The minimum atomic E-state index is -0.459. The highest BCUT2D eigenvalue weighted by Crippen LogP contribution is 2.25. The average molecular weight is 1020 g/mol. The van der Waals surface area contributed by atoms with Crippen molar-refractivity contribution in [2.75, 3.05) is 0 Å². The van der Waals surface area contributed by atoms with Crippen molar-refractivity contribution in [1.29, 1.82) is 0 Å². The maximum atomic E-state index is 12.2. The molecule has 17 heteroatoms. The molecule has 0 unspecified atom stereocenters. The number of aliphatic hydroxyl groups excluding tert-OH is 1. The molecule has 0 fully saturated rings. The van der Waals surface area contributed by atoms with Crippen molar-refractivity contribution in [2.24, 2.45) is 0 Å². The molecule has 0 aliphatic carbocycles. The molecule has 13 aromatic rings. The van der Waals surface area contributed by atoms with E-state index in [0.717, 1.165) is 16.7 Å². The Morgan fingerprint density at radius 3 is 1.08 bits per heavy atom. The Morgan fingerprint density at radius 1 is 0.338 bits per heavy atom. The lowest BCUT2D eigenvalue weighted by atomic mass is 10.1. The molecule has 0 amide bonds. The Kier molecular flexibility index (Phi) is 14.3. The minimum absolute atomic E-state index is 0.0586. The zero-order valence-corrected chi connectivity index (χ0v) is 40.4. The molecule has 5 heterocycles. The van der Waals surface area contributed by atoms with Crippen LogP contribution in [0.5, 0.6) is 5.75 Å². The second-order valence-electron chi connectivity index (χ2n) is 16.8. The van der Waals surface area contributed by atoms with Gasteiger partial charge in [-0.15, -0.1) is 0 Å². The van der Waals surface area contributed by atoms with Crippen molar-refractivity contribution < 1.29 is 32.3 Å². The first-order valence-electron chi connectivity index (χ1n) is 23.5. The van der Waals surface area contributed by atoms with E-state index in [1.54, 1.807) is 116 Å². The summed E-state index contributed by atoms with van der Waals surface area (Å²) < 4.78 is 25.9. The molecule has 5 aromatic heterocycles. The van der Waals surface area contributed by atoms with Crippen LogP contribution in [0.3, 0.4) is 0 Å². The van der Waals surface area contributed by atoms with E-state index in [1.165, 1.54) is 18.2 Å². The number of fused-ring (bicyclic) bond motifs is 5. The Balaban J connectivity index is 0.000000121. The molecule has 0 spiro atoms. The first-order valence-corrected chi connectivity index (χ1v) is 23.5. The molecule has 77 heavy (non-hydrogen) atoms. The van der Waals surface area contributed by atoms with Crippen molar-refractivity contribution >= 4 is 54.5 Å². The van der Waals surface area contributed by atoms with E-state index in [1.807, 2.05) is 66.7 Å². The van der Waals surface area contributed by atoms with Gasteiger partial charge in [0, 0.05) is 35.2 Å². The van der Waals surface area contributed by atoms with E-state index in [2.05, 4.69) is 24.9 Å². The highest BCUT2D eigenvalue weighted by Gasteiger charge is 2.13. The van der Waals surface area contributed by atoms with Gasteiger partial charge in [0.25, 0.3) is 0 Å². The van der Waals surface area contributed by atoms with E-state index >= 15 is 0 Å². The van der Waals surface area contributed by atoms with Crippen molar-refractivity contribution in [2.45, 2.75) is 13.5 Å². The number of benzene rings is 8. The lowest BCUT2D eigenvalue weighted by Crippen LogP contribution is -2.03. The van der Waals surface area contributed by atoms with Gasteiger partial charge < -0.3 is 32.3 Å². The molecule has 2 N–H and O–H groups in total. The molecule has 0 aliphatic rings. The van der Waals surface area contributed by atoms with Crippen LogP contribution in [0, 0.1) is 6.92 Å². The van der Waals surface area contributed by atoms with Crippen LogP contribution in [0.1, 0.15) is 11.5 Å². The van der Waals surface area contributed by atoms with Crippen molar-refractivity contribution in [1.82, 2.24) is 24.9 Å². The van der Waals surface area contributed by atoms with Crippen LogP contribution in [0.25, 0.3) is 100 Å². The van der Waals surface area contributed by atoms with E-state index in [9.17, 15) is 29.1 Å². The first-order chi connectivity index (χ1) is 37.5. The van der Waals surface area contributed by atoms with E-state index in [0.29, 0.717) is 77.4 Å². The summed E-state index contributed by atoms with van der Waals surface area (Å²) in [6.07, 6.45) is 0. The van der Waals surface area contributed by atoms with Gasteiger partial charge in [-0.3, -0.25) is 0 Å². The summed E-state index contributed by atoms with van der Waals surface area (Å²) in [7, 11) is 0. The number of phenolic OH excluding ortho intramolecular Hbond substituents is 1. The van der Waals surface area contributed by atoms with E-state index < -0.39 is 22.5 Å². The van der Waals surface area contributed by atoms with Gasteiger partial charge in [-0.2, -0.15) is 0 Å². The second kappa shape index (κ2) is 22.1. The molecular weight excluding hydrogens is 983 g/mol. The second-order valence-corrected chi connectivity index (χ2v) is 16.8. The van der Waals surface area contributed by atoms with Crippen LogP contribution in [-0.4, -0.2) is 35.1 Å². The number of para-hydroxylation sites is 3. The smallest absolute Gasteiger partial charge is 0.347 e. The molecule has 0 saturated heterocycles. The summed E-state index contributed by atoms with van der Waals surface area (Å²) in [6.45, 7) is 1.56. The lowest BCUT2D eigenvalue weighted by molar-refractivity contribution is 0.282. The molecule has 0 atom stereocenters. The number of aliphatic hydroxyl groups is 1. The first kappa shape index (κ1) is 49.8. The summed E-state index contributed by atoms with van der Waals surface area (Å²) in [6, 6.07) is 56.0. The predicted octanol–water partition coefficient (Wildman–Crippen LogP) is 10.4. The zero-order chi connectivity index (χ0) is 53.4. The van der Waals surface area contributed by atoms with Gasteiger partial charge in [-0.05, 0) is 115 Å². The molecule has 0 aliphatic heterocycles. The number of nitrogens with zero attached hydrogens (tertiary/aromatic N) is 5. The highest BCUT2D eigenvalue weighted by atomic mass is 16.4. The Morgan fingerprint density at radius 2 is 0.662 bits per heavy atom. The van der Waals surface area contributed by atoms with Crippen molar-refractivity contribution in [3.63, 3.8) is 0 Å². The highest BCUT2D eigenvalue weighted by molar-refractivity contribution is 5.82. The van der Waals surface area contributed by atoms with Gasteiger partial charge in [-0.1, -0.05) is 78.9 Å². The largest absolute Gasteiger partial charge is 0.508 e. The number of rotatable bonds is 5. The van der Waals surface area contributed by atoms with Crippen LogP contribution in [0.2, 0.25) is 0 Å².